The minimum atomic E-state index is -0.246. The standard InChI is InChI=1S/C37H44N8O4/c38-34(39)24-6-14-28(15-7-24)46-22-32(48-30-18-10-26(11-19-30)36(42)43)4-2-1-3-5-33(49-31-20-12-27(13-21-31)37(44)45)23-47-29-16-8-25(9-17-29)35(40)41/h6-21,32-33H,1-5,22-23H2,(H3,38,39)(H3,40,41)(H3,42,43)(H3,44,45). The van der Waals surface area contributed by atoms with Crippen molar-refractivity contribution in [3.8, 4) is 23.0 Å². The summed E-state index contributed by atoms with van der Waals surface area (Å²) in [6.07, 6.45) is 3.63. The van der Waals surface area contributed by atoms with Gasteiger partial charge in [0.1, 0.15) is 71.8 Å². The normalized spacial score (nSPS) is 11.9. The van der Waals surface area contributed by atoms with Crippen molar-refractivity contribution in [1.29, 1.82) is 21.6 Å². The van der Waals surface area contributed by atoms with E-state index in [4.69, 9.17) is 63.5 Å². The molecule has 49 heavy (non-hydrogen) atoms. The third-order valence-corrected chi connectivity index (χ3v) is 7.69. The van der Waals surface area contributed by atoms with Crippen LogP contribution in [0.2, 0.25) is 0 Å². The van der Waals surface area contributed by atoms with E-state index in [1.807, 2.05) is 0 Å². The number of benzene rings is 4. The van der Waals surface area contributed by atoms with Crippen LogP contribution in [0.25, 0.3) is 0 Å². The molecule has 0 bridgehead atoms. The Kier molecular flexibility index (Phi) is 13.0. The van der Waals surface area contributed by atoms with E-state index >= 15 is 0 Å². The number of amidine groups is 4. The number of nitrogens with two attached hydrogens (primary N) is 4. The van der Waals surface area contributed by atoms with Crippen LogP contribution in [0.15, 0.2) is 97.1 Å². The molecule has 0 amide bonds. The second kappa shape index (κ2) is 17.8. The summed E-state index contributed by atoms with van der Waals surface area (Å²) in [4.78, 5) is 0. The molecule has 2 unspecified atom stereocenters. The minimum absolute atomic E-state index is 0.00446. The first-order valence-corrected chi connectivity index (χ1v) is 15.9. The van der Waals surface area contributed by atoms with Gasteiger partial charge >= 0.3 is 0 Å². The van der Waals surface area contributed by atoms with Gasteiger partial charge in [-0.25, -0.2) is 0 Å². The van der Waals surface area contributed by atoms with Crippen LogP contribution in [0.4, 0.5) is 0 Å². The summed E-state index contributed by atoms with van der Waals surface area (Å²) in [6, 6.07) is 28.3. The highest BCUT2D eigenvalue weighted by Gasteiger charge is 2.16. The average Bonchev–Trinajstić information content (AvgIpc) is 3.09. The van der Waals surface area contributed by atoms with Crippen LogP contribution >= 0.6 is 0 Å². The lowest BCUT2D eigenvalue weighted by molar-refractivity contribution is 0.112. The zero-order valence-corrected chi connectivity index (χ0v) is 27.3. The van der Waals surface area contributed by atoms with Crippen molar-refractivity contribution in [1.82, 2.24) is 0 Å². The molecule has 0 spiro atoms. The summed E-state index contributed by atoms with van der Waals surface area (Å²) in [5.74, 6) is 2.59. The zero-order chi connectivity index (χ0) is 35.2. The van der Waals surface area contributed by atoms with Crippen LogP contribution in [0.5, 0.6) is 23.0 Å². The molecule has 12 N–H and O–H groups in total. The molecular formula is C37H44N8O4. The molecule has 0 aliphatic rings. The second-order valence-electron chi connectivity index (χ2n) is 11.5. The molecule has 0 fully saturated rings. The Morgan fingerprint density at radius 3 is 0.939 bits per heavy atom. The van der Waals surface area contributed by atoms with E-state index in [9.17, 15) is 0 Å². The SMILES string of the molecule is N=C(N)c1ccc(OCC(CCCCCC(COc2ccc(C(=N)N)cc2)Oc2ccc(C(=N)N)cc2)Oc2ccc(C(=N)N)cc2)cc1. The van der Waals surface area contributed by atoms with E-state index in [-0.39, 0.29) is 35.6 Å². The summed E-state index contributed by atoms with van der Waals surface area (Å²) < 4.78 is 24.7. The molecule has 0 aromatic heterocycles. The molecular weight excluding hydrogens is 620 g/mol. The van der Waals surface area contributed by atoms with Gasteiger partial charge in [0.15, 0.2) is 0 Å². The molecule has 12 heteroatoms. The molecule has 4 aromatic rings. The average molecular weight is 665 g/mol. The van der Waals surface area contributed by atoms with Gasteiger partial charge in [-0.1, -0.05) is 6.42 Å². The van der Waals surface area contributed by atoms with Crippen molar-refractivity contribution in [2.75, 3.05) is 13.2 Å². The first-order valence-electron chi connectivity index (χ1n) is 15.9. The molecule has 4 aromatic carbocycles. The second-order valence-corrected chi connectivity index (χ2v) is 11.5. The molecule has 0 radical (unpaired) electrons. The third-order valence-electron chi connectivity index (χ3n) is 7.69. The van der Waals surface area contributed by atoms with Crippen LogP contribution in [-0.4, -0.2) is 48.8 Å². The van der Waals surface area contributed by atoms with Crippen molar-refractivity contribution < 1.29 is 18.9 Å². The fourth-order valence-electron chi connectivity index (χ4n) is 4.92. The summed E-state index contributed by atoms with van der Waals surface area (Å²) in [6.45, 7) is 0.623. The van der Waals surface area contributed by atoms with Gasteiger partial charge in [0, 0.05) is 22.3 Å². The van der Waals surface area contributed by atoms with Crippen LogP contribution in [-0.2, 0) is 0 Å². The minimum Gasteiger partial charge on any atom is -0.490 e. The molecule has 12 nitrogen and oxygen atoms in total. The number of ether oxygens (including phenoxy) is 4. The molecule has 0 aliphatic carbocycles. The van der Waals surface area contributed by atoms with Gasteiger partial charge in [-0.15, -0.1) is 0 Å². The maximum Gasteiger partial charge on any atom is 0.133 e. The smallest absolute Gasteiger partial charge is 0.133 e. The summed E-state index contributed by atoms with van der Waals surface area (Å²) >= 11 is 0. The highest BCUT2D eigenvalue weighted by atomic mass is 16.5. The molecule has 0 heterocycles. The largest absolute Gasteiger partial charge is 0.490 e. The van der Waals surface area contributed by atoms with Crippen molar-refractivity contribution >= 4 is 23.3 Å². The van der Waals surface area contributed by atoms with E-state index in [1.165, 1.54) is 0 Å². The quantitative estimate of drug-likeness (QED) is 0.0357. The Labute approximate surface area is 286 Å². The van der Waals surface area contributed by atoms with Crippen LogP contribution in [0, 0.1) is 21.6 Å². The Morgan fingerprint density at radius 1 is 0.408 bits per heavy atom. The van der Waals surface area contributed by atoms with Crippen LogP contribution < -0.4 is 41.9 Å². The number of hydrogen-bond donors (Lipinski definition) is 8. The topological polar surface area (TPSA) is 236 Å². The maximum absolute atomic E-state index is 7.64. The molecule has 256 valence electrons. The van der Waals surface area contributed by atoms with Gasteiger partial charge < -0.3 is 41.9 Å². The Morgan fingerprint density at radius 2 is 0.673 bits per heavy atom. The Balaban J connectivity index is 1.35. The van der Waals surface area contributed by atoms with E-state index in [1.54, 1.807) is 97.1 Å². The first kappa shape index (κ1) is 35.8. The van der Waals surface area contributed by atoms with Gasteiger partial charge in [-0.3, -0.25) is 21.6 Å². The Bertz CT molecular complexity index is 1570. The van der Waals surface area contributed by atoms with E-state index in [0.29, 0.717) is 58.5 Å². The highest BCUT2D eigenvalue weighted by Crippen LogP contribution is 2.22. The third kappa shape index (κ3) is 11.6. The van der Waals surface area contributed by atoms with Gasteiger partial charge in [-0.2, -0.15) is 0 Å². The lowest BCUT2D eigenvalue weighted by Crippen LogP contribution is -2.26. The predicted molar refractivity (Wildman–Crippen MR) is 193 cm³/mol. The molecule has 0 saturated carbocycles. The monoisotopic (exact) mass is 664 g/mol. The summed E-state index contributed by atoms with van der Waals surface area (Å²) in [7, 11) is 0. The molecule has 0 saturated heterocycles. The fourth-order valence-corrected chi connectivity index (χ4v) is 4.92. The van der Waals surface area contributed by atoms with Gasteiger partial charge in [0.2, 0.25) is 0 Å². The first-order chi connectivity index (χ1) is 23.6. The molecule has 2 atom stereocenters. The number of rotatable bonds is 20. The summed E-state index contributed by atoms with van der Waals surface area (Å²) in [5, 5.41) is 30.5. The summed E-state index contributed by atoms with van der Waals surface area (Å²) in [5.41, 5.74) is 24.8. The van der Waals surface area contributed by atoms with Gasteiger partial charge in [0.05, 0.1) is 0 Å². The number of nitrogen functional groups attached to an aromatic ring is 4. The maximum atomic E-state index is 7.64. The van der Waals surface area contributed by atoms with Gasteiger partial charge in [-0.05, 0) is 123 Å². The van der Waals surface area contributed by atoms with Gasteiger partial charge in [0.25, 0.3) is 0 Å². The predicted octanol–water partition coefficient (Wildman–Crippen LogP) is 5.13. The van der Waals surface area contributed by atoms with E-state index in [2.05, 4.69) is 0 Å². The van der Waals surface area contributed by atoms with Crippen molar-refractivity contribution in [3.05, 3.63) is 119 Å². The highest BCUT2D eigenvalue weighted by molar-refractivity contribution is 5.96. The lowest BCUT2D eigenvalue weighted by Gasteiger charge is -2.21. The fraction of sp³-hybridized carbons (Fsp3) is 0.243. The molecule has 0 aliphatic heterocycles. The van der Waals surface area contributed by atoms with Crippen molar-refractivity contribution in [2.24, 2.45) is 22.9 Å². The molecule has 4 rings (SSSR count). The Hall–Kier alpha value is -6.04. The van der Waals surface area contributed by atoms with Crippen molar-refractivity contribution in [2.45, 2.75) is 44.3 Å². The number of hydrogen-bond acceptors (Lipinski definition) is 8. The zero-order valence-electron chi connectivity index (χ0n) is 27.3. The van der Waals surface area contributed by atoms with Crippen LogP contribution in [0.3, 0.4) is 0 Å². The lowest BCUT2D eigenvalue weighted by atomic mass is 10.1. The van der Waals surface area contributed by atoms with E-state index in [0.717, 1.165) is 32.1 Å². The number of unbranched alkanes of at least 4 members (excludes halogenated alkanes) is 2. The van der Waals surface area contributed by atoms with E-state index < -0.39 is 0 Å². The van der Waals surface area contributed by atoms with Crippen LogP contribution in [0.1, 0.15) is 54.4 Å². The number of nitrogens with one attached hydrogen (secondary N) is 4. The van der Waals surface area contributed by atoms with Crippen molar-refractivity contribution in [3.63, 3.8) is 0 Å².